The van der Waals surface area contributed by atoms with E-state index in [0.29, 0.717) is 32.5 Å². The molecule has 0 amide bonds. The molecule has 0 aromatic heterocycles. The van der Waals surface area contributed by atoms with Gasteiger partial charge in [0.2, 0.25) is 0 Å². The Bertz CT molecular complexity index is 275. The van der Waals surface area contributed by atoms with Crippen molar-refractivity contribution in [1.82, 2.24) is 0 Å². The van der Waals surface area contributed by atoms with Gasteiger partial charge in [-0.15, -0.1) is 0 Å². The minimum atomic E-state index is -0.373. The predicted molar refractivity (Wildman–Crippen MR) is 103 cm³/mol. The number of hydrogen-bond donors (Lipinski definition) is 2. The second-order valence-electron chi connectivity index (χ2n) is 6.80. The van der Waals surface area contributed by atoms with Gasteiger partial charge < -0.3 is 23.9 Å². The van der Waals surface area contributed by atoms with Gasteiger partial charge in [-0.25, -0.2) is 0 Å². The van der Waals surface area contributed by atoms with E-state index in [1.807, 2.05) is 0 Å². The maximum Gasteiger partial charge on any atom is 0.0773 e. The SMILES string of the molecule is OCCOCCOCC(O)CCCCCCCCSOC1CCCC1. The molecule has 1 aliphatic carbocycles. The lowest BCUT2D eigenvalue weighted by Crippen LogP contribution is -2.17. The first-order chi connectivity index (χ1) is 12.3. The molecule has 1 aliphatic rings. The van der Waals surface area contributed by atoms with E-state index in [1.165, 1.54) is 57.8 Å². The van der Waals surface area contributed by atoms with Crippen LogP contribution in [0.15, 0.2) is 0 Å². The average Bonchev–Trinajstić information content (AvgIpc) is 3.13. The van der Waals surface area contributed by atoms with Gasteiger partial charge in [0.05, 0.1) is 45.2 Å². The molecule has 25 heavy (non-hydrogen) atoms. The Morgan fingerprint density at radius 3 is 2.32 bits per heavy atom. The van der Waals surface area contributed by atoms with E-state index in [9.17, 15) is 5.11 Å². The third-order valence-electron chi connectivity index (χ3n) is 4.44. The molecule has 0 heterocycles. The lowest BCUT2D eigenvalue weighted by Gasteiger charge is -2.11. The van der Waals surface area contributed by atoms with E-state index in [4.69, 9.17) is 18.8 Å². The summed E-state index contributed by atoms with van der Waals surface area (Å²) in [6.07, 6.45) is 13.4. The Morgan fingerprint density at radius 2 is 1.56 bits per heavy atom. The third-order valence-corrected chi connectivity index (χ3v) is 5.30. The van der Waals surface area contributed by atoms with Crippen molar-refractivity contribution in [3.63, 3.8) is 0 Å². The highest BCUT2D eigenvalue weighted by atomic mass is 32.2. The molecule has 0 saturated heterocycles. The average molecular weight is 379 g/mol. The van der Waals surface area contributed by atoms with Gasteiger partial charge in [0.1, 0.15) is 0 Å². The molecule has 1 fully saturated rings. The predicted octanol–water partition coefficient (Wildman–Crippen LogP) is 3.71. The van der Waals surface area contributed by atoms with Crippen LogP contribution in [0.5, 0.6) is 0 Å². The fourth-order valence-corrected chi connectivity index (χ4v) is 3.77. The number of aliphatic hydroxyl groups is 2. The molecule has 1 saturated carbocycles. The second-order valence-corrected chi connectivity index (χ2v) is 7.64. The zero-order valence-electron chi connectivity index (χ0n) is 15.7. The normalized spacial score (nSPS) is 16.6. The van der Waals surface area contributed by atoms with Crippen LogP contribution >= 0.6 is 12.0 Å². The fraction of sp³-hybridized carbons (Fsp3) is 1.00. The molecule has 1 rings (SSSR count). The number of hydrogen-bond acceptors (Lipinski definition) is 6. The minimum absolute atomic E-state index is 0.0374. The van der Waals surface area contributed by atoms with Crippen LogP contribution in [0, 0.1) is 0 Å². The van der Waals surface area contributed by atoms with Gasteiger partial charge in [0, 0.05) is 5.75 Å². The minimum Gasteiger partial charge on any atom is -0.394 e. The Morgan fingerprint density at radius 1 is 0.880 bits per heavy atom. The first-order valence-electron chi connectivity index (χ1n) is 10.1. The largest absolute Gasteiger partial charge is 0.394 e. The van der Waals surface area contributed by atoms with Crippen molar-refractivity contribution in [3.05, 3.63) is 0 Å². The van der Waals surface area contributed by atoms with Crippen LogP contribution in [0.1, 0.15) is 70.6 Å². The van der Waals surface area contributed by atoms with Gasteiger partial charge >= 0.3 is 0 Å². The van der Waals surface area contributed by atoms with Crippen molar-refractivity contribution >= 4 is 12.0 Å². The lowest BCUT2D eigenvalue weighted by atomic mass is 10.1. The molecule has 0 aliphatic heterocycles. The first-order valence-corrected chi connectivity index (χ1v) is 11.0. The summed E-state index contributed by atoms with van der Waals surface area (Å²) in [5.41, 5.74) is 0. The molecule has 150 valence electrons. The highest BCUT2D eigenvalue weighted by Gasteiger charge is 2.15. The molecule has 0 aromatic rings. The number of rotatable bonds is 18. The summed E-state index contributed by atoms with van der Waals surface area (Å²) in [4.78, 5) is 0. The Balaban J connectivity index is 1.71. The maximum atomic E-state index is 9.82. The summed E-state index contributed by atoms with van der Waals surface area (Å²) in [6, 6.07) is 0. The summed E-state index contributed by atoms with van der Waals surface area (Å²) in [6.45, 7) is 1.70. The van der Waals surface area contributed by atoms with Crippen LogP contribution in [0.2, 0.25) is 0 Å². The van der Waals surface area contributed by atoms with Gasteiger partial charge in [0.25, 0.3) is 0 Å². The fourth-order valence-electron chi connectivity index (χ4n) is 2.96. The van der Waals surface area contributed by atoms with E-state index < -0.39 is 0 Å². The topological polar surface area (TPSA) is 68.2 Å². The molecule has 0 bridgehead atoms. The van der Waals surface area contributed by atoms with Crippen molar-refractivity contribution < 1.29 is 23.9 Å². The summed E-state index contributed by atoms with van der Waals surface area (Å²) >= 11 is 1.67. The monoisotopic (exact) mass is 378 g/mol. The number of aliphatic hydroxyl groups excluding tert-OH is 2. The molecule has 0 aromatic carbocycles. The van der Waals surface area contributed by atoms with Crippen LogP contribution in [0.3, 0.4) is 0 Å². The molecule has 0 radical (unpaired) electrons. The van der Waals surface area contributed by atoms with Crippen LogP contribution in [0.25, 0.3) is 0 Å². The molecule has 1 atom stereocenters. The summed E-state index contributed by atoms with van der Waals surface area (Å²) < 4.78 is 16.2. The molecule has 0 spiro atoms. The van der Waals surface area contributed by atoms with Crippen molar-refractivity contribution in [2.45, 2.75) is 82.8 Å². The van der Waals surface area contributed by atoms with E-state index in [-0.39, 0.29) is 12.7 Å². The third kappa shape index (κ3) is 15.0. The zero-order chi connectivity index (χ0) is 18.0. The Hall–Kier alpha value is 0.150. The van der Waals surface area contributed by atoms with Crippen molar-refractivity contribution in [2.24, 2.45) is 0 Å². The van der Waals surface area contributed by atoms with Gasteiger partial charge in [-0.2, -0.15) is 0 Å². The second kappa shape index (κ2) is 17.6. The van der Waals surface area contributed by atoms with Crippen molar-refractivity contribution in [2.75, 3.05) is 38.8 Å². The summed E-state index contributed by atoms with van der Waals surface area (Å²) in [7, 11) is 0. The molecule has 2 N–H and O–H groups in total. The molecule has 5 nitrogen and oxygen atoms in total. The quantitative estimate of drug-likeness (QED) is 0.280. The smallest absolute Gasteiger partial charge is 0.0773 e. The van der Waals surface area contributed by atoms with Gasteiger partial charge in [-0.05, 0) is 37.7 Å². The number of unbranched alkanes of at least 4 members (excludes halogenated alkanes) is 5. The lowest BCUT2D eigenvalue weighted by molar-refractivity contribution is -0.00465. The van der Waals surface area contributed by atoms with Crippen molar-refractivity contribution in [3.8, 4) is 0 Å². The summed E-state index contributed by atoms with van der Waals surface area (Å²) in [5, 5.41) is 18.4. The highest BCUT2D eigenvalue weighted by molar-refractivity contribution is 7.94. The van der Waals surface area contributed by atoms with E-state index in [0.717, 1.165) is 18.6 Å². The van der Waals surface area contributed by atoms with Crippen LogP contribution in [0.4, 0.5) is 0 Å². The molecular weight excluding hydrogens is 340 g/mol. The van der Waals surface area contributed by atoms with Crippen LogP contribution in [-0.4, -0.2) is 61.2 Å². The van der Waals surface area contributed by atoms with Gasteiger partial charge in [0.15, 0.2) is 0 Å². The van der Waals surface area contributed by atoms with Crippen LogP contribution < -0.4 is 0 Å². The standard InChI is InChI=1S/C19H38O5S/c20-12-13-22-14-15-23-17-18(21)9-5-3-1-2-4-8-16-25-24-19-10-6-7-11-19/h18-21H,1-17H2. The van der Waals surface area contributed by atoms with Gasteiger partial charge in [-0.1, -0.05) is 44.9 Å². The van der Waals surface area contributed by atoms with Crippen molar-refractivity contribution in [1.29, 1.82) is 0 Å². The molecular formula is C19H38O5S. The first kappa shape index (κ1) is 23.2. The molecule has 1 unspecified atom stereocenters. The zero-order valence-corrected chi connectivity index (χ0v) is 16.5. The number of ether oxygens (including phenoxy) is 2. The highest BCUT2D eigenvalue weighted by Crippen LogP contribution is 2.25. The molecule has 6 heteroatoms. The Kier molecular flexibility index (Phi) is 16.3. The van der Waals surface area contributed by atoms with Crippen LogP contribution in [-0.2, 0) is 13.7 Å². The summed E-state index contributed by atoms with van der Waals surface area (Å²) in [5.74, 6) is 1.12. The van der Waals surface area contributed by atoms with Gasteiger partial charge in [-0.3, -0.25) is 0 Å². The maximum absolute atomic E-state index is 9.82. The van der Waals surface area contributed by atoms with E-state index >= 15 is 0 Å². The Labute approximate surface area is 158 Å². The van der Waals surface area contributed by atoms with E-state index in [2.05, 4.69) is 0 Å². The van der Waals surface area contributed by atoms with E-state index in [1.54, 1.807) is 12.0 Å².